The van der Waals surface area contributed by atoms with Crippen molar-refractivity contribution < 1.29 is 17.6 Å². The third-order valence-electron chi connectivity index (χ3n) is 2.25. The van der Waals surface area contributed by atoms with Gasteiger partial charge in [-0.3, -0.25) is 9.52 Å². The second-order valence-corrected chi connectivity index (χ2v) is 7.44. The van der Waals surface area contributed by atoms with Crippen molar-refractivity contribution in [1.29, 1.82) is 0 Å². The minimum Gasteiger partial charge on any atom is -0.326 e. The Labute approximate surface area is 129 Å². The first-order chi connectivity index (χ1) is 9.78. The lowest BCUT2D eigenvalue weighted by Gasteiger charge is -2.09. The molecule has 21 heavy (non-hydrogen) atoms. The number of rotatable bonds is 4. The van der Waals surface area contributed by atoms with Crippen LogP contribution in [0.15, 0.2) is 28.6 Å². The van der Waals surface area contributed by atoms with E-state index >= 15 is 0 Å². The lowest BCUT2D eigenvalue weighted by Crippen LogP contribution is -2.13. The minimum absolute atomic E-state index is 0.0582. The quantitative estimate of drug-likeness (QED) is 0.888. The standard InChI is InChI=1S/C11H9ClFN3O3S2/c1-6(17)15-7-2-3-8(13)9(4-7)16-21(18,19)10-5-14-11(12)20-10/h2-5,16H,1H3,(H,15,17). The molecule has 0 spiro atoms. The summed E-state index contributed by atoms with van der Waals surface area (Å²) in [4.78, 5) is 14.6. The summed E-state index contributed by atoms with van der Waals surface area (Å²) in [6, 6.07) is 3.54. The molecule has 0 saturated carbocycles. The molecule has 112 valence electrons. The SMILES string of the molecule is CC(=O)Nc1ccc(F)c(NS(=O)(=O)c2cnc(Cl)s2)c1. The molecule has 1 aromatic heterocycles. The van der Waals surface area contributed by atoms with Crippen molar-refractivity contribution in [2.45, 2.75) is 11.1 Å². The molecule has 0 aliphatic carbocycles. The van der Waals surface area contributed by atoms with E-state index in [0.29, 0.717) is 0 Å². The van der Waals surface area contributed by atoms with Crippen LogP contribution in [0.25, 0.3) is 0 Å². The molecule has 2 N–H and O–H groups in total. The number of thiazole rings is 1. The van der Waals surface area contributed by atoms with Crippen molar-refractivity contribution in [2.24, 2.45) is 0 Å². The monoisotopic (exact) mass is 349 g/mol. The lowest BCUT2D eigenvalue weighted by molar-refractivity contribution is -0.114. The van der Waals surface area contributed by atoms with Crippen LogP contribution in [0.1, 0.15) is 6.92 Å². The third-order valence-corrected chi connectivity index (χ3v) is 5.19. The van der Waals surface area contributed by atoms with Crippen molar-refractivity contribution in [2.75, 3.05) is 10.0 Å². The predicted octanol–water partition coefficient (Wildman–Crippen LogP) is 2.69. The van der Waals surface area contributed by atoms with Gasteiger partial charge < -0.3 is 5.32 Å². The largest absolute Gasteiger partial charge is 0.326 e. The number of hydrogen-bond acceptors (Lipinski definition) is 5. The highest BCUT2D eigenvalue weighted by molar-refractivity contribution is 7.94. The van der Waals surface area contributed by atoms with E-state index in [1.807, 2.05) is 0 Å². The minimum atomic E-state index is -3.99. The van der Waals surface area contributed by atoms with Gasteiger partial charge in [-0.1, -0.05) is 22.9 Å². The normalized spacial score (nSPS) is 11.2. The predicted molar refractivity (Wildman–Crippen MR) is 78.6 cm³/mol. The van der Waals surface area contributed by atoms with Crippen molar-refractivity contribution in [3.05, 3.63) is 34.7 Å². The summed E-state index contributed by atoms with van der Waals surface area (Å²) >= 11 is 6.32. The van der Waals surface area contributed by atoms with Gasteiger partial charge in [0.25, 0.3) is 10.0 Å². The molecule has 10 heteroatoms. The van der Waals surface area contributed by atoms with Gasteiger partial charge in [0.05, 0.1) is 11.9 Å². The molecular weight excluding hydrogens is 341 g/mol. The summed E-state index contributed by atoms with van der Waals surface area (Å²) < 4.78 is 39.8. The lowest BCUT2D eigenvalue weighted by atomic mass is 10.2. The van der Waals surface area contributed by atoms with E-state index in [2.05, 4.69) is 15.0 Å². The number of nitrogens with zero attached hydrogens (tertiary/aromatic N) is 1. The summed E-state index contributed by atoms with van der Waals surface area (Å²) in [6.07, 6.45) is 1.07. The molecule has 1 heterocycles. The van der Waals surface area contributed by atoms with E-state index in [0.717, 1.165) is 23.6 Å². The zero-order valence-corrected chi connectivity index (χ0v) is 12.9. The summed E-state index contributed by atoms with van der Waals surface area (Å²) in [6.45, 7) is 1.28. The molecule has 6 nitrogen and oxygen atoms in total. The Bertz CT molecular complexity index is 792. The highest BCUT2D eigenvalue weighted by atomic mass is 35.5. The molecule has 0 aliphatic rings. The van der Waals surface area contributed by atoms with E-state index in [-0.39, 0.29) is 26.0 Å². The molecule has 0 bridgehead atoms. The fourth-order valence-corrected chi connectivity index (χ4v) is 3.79. The number of sulfonamides is 1. The Balaban J connectivity index is 2.32. The zero-order chi connectivity index (χ0) is 15.6. The fourth-order valence-electron chi connectivity index (χ4n) is 1.44. The van der Waals surface area contributed by atoms with Gasteiger partial charge in [0.2, 0.25) is 5.91 Å². The van der Waals surface area contributed by atoms with Crippen molar-refractivity contribution >= 4 is 50.2 Å². The van der Waals surface area contributed by atoms with Gasteiger partial charge in [-0.15, -0.1) is 0 Å². The Morgan fingerprint density at radius 1 is 1.43 bits per heavy atom. The van der Waals surface area contributed by atoms with Crippen LogP contribution in [0.5, 0.6) is 0 Å². The van der Waals surface area contributed by atoms with E-state index in [4.69, 9.17) is 11.6 Å². The second-order valence-electron chi connectivity index (χ2n) is 3.91. The highest BCUT2D eigenvalue weighted by Gasteiger charge is 2.19. The first kappa shape index (κ1) is 15.7. The molecule has 0 radical (unpaired) electrons. The number of amides is 1. The van der Waals surface area contributed by atoms with Crippen LogP contribution >= 0.6 is 22.9 Å². The number of aromatic nitrogens is 1. The van der Waals surface area contributed by atoms with Gasteiger partial charge in [0.1, 0.15) is 5.82 Å². The number of benzene rings is 1. The molecule has 0 unspecified atom stereocenters. The van der Waals surface area contributed by atoms with Crippen LogP contribution in [0, 0.1) is 5.82 Å². The number of nitrogens with one attached hydrogen (secondary N) is 2. The number of halogens is 2. The Morgan fingerprint density at radius 2 is 2.14 bits per heavy atom. The second kappa shape index (κ2) is 5.96. The highest BCUT2D eigenvalue weighted by Crippen LogP contribution is 2.27. The number of hydrogen-bond donors (Lipinski definition) is 2. The third kappa shape index (κ3) is 3.90. The molecular formula is C11H9ClFN3O3S2. The molecule has 2 aromatic rings. The van der Waals surface area contributed by atoms with Gasteiger partial charge in [0.15, 0.2) is 8.68 Å². The summed E-state index contributed by atoms with van der Waals surface area (Å²) in [7, 11) is -3.99. The average Bonchev–Trinajstić information content (AvgIpc) is 2.80. The van der Waals surface area contributed by atoms with Crippen LogP contribution in [0.3, 0.4) is 0 Å². The average molecular weight is 350 g/mol. The summed E-state index contributed by atoms with van der Waals surface area (Å²) in [5.41, 5.74) is -0.0188. The Kier molecular flexibility index (Phi) is 4.45. The maximum atomic E-state index is 13.7. The topological polar surface area (TPSA) is 88.2 Å². The van der Waals surface area contributed by atoms with Crippen LogP contribution < -0.4 is 10.0 Å². The first-order valence-electron chi connectivity index (χ1n) is 5.49. The van der Waals surface area contributed by atoms with Crippen LogP contribution in [-0.4, -0.2) is 19.3 Å². The number of carbonyl (C=O) groups is 1. The summed E-state index contributed by atoms with van der Waals surface area (Å²) in [5.74, 6) is -1.13. The van der Waals surface area contributed by atoms with E-state index in [9.17, 15) is 17.6 Å². The van der Waals surface area contributed by atoms with Crippen molar-refractivity contribution in [1.82, 2.24) is 4.98 Å². The van der Waals surface area contributed by atoms with Gasteiger partial charge in [-0.2, -0.15) is 0 Å². The number of anilines is 2. The molecule has 0 fully saturated rings. The maximum absolute atomic E-state index is 13.7. The Morgan fingerprint density at radius 3 is 2.71 bits per heavy atom. The number of carbonyl (C=O) groups excluding carboxylic acids is 1. The molecule has 1 amide bonds. The van der Waals surface area contributed by atoms with Crippen molar-refractivity contribution in [3.8, 4) is 0 Å². The summed E-state index contributed by atoms with van der Waals surface area (Å²) in [5, 5.41) is 2.43. The molecule has 2 rings (SSSR count). The zero-order valence-electron chi connectivity index (χ0n) is 10.6. The van der Waals surface area contributed by atoms with Gasteiger partial charge in [-0.25, -0.2) is 17.8 Å². The first-order valence-corrected chi connectivity index (χ1v) is 8.17. The fraction of sp³-hybridized carbons (Fsp3) is 0.0909. The van der Waals surface area contributed by atoms with Crippen LogP contribution in [-0.2, 0) is 14.8 Å². The van der Waals surface area contributed by atoms with E-state index in [1.165, 1.54) is 19.1 Å². The van der Waals surface area contributed by atoms with Crippen molar-refractivity contribution in [3.63, 3.8) is 0 Å². The molecule has 1 aromatic carbocycles. The smallest absolute Gasteiger partial charge is 0.273 e. The molecule has 0 atom stereocenters. The van der Waals surface area contributed by atoms with Gasteiger partial charge in [0, 0.05) is 12.6 Å². The van der Waals surface area contributed by atoms with Crippen LogP contribution in [0.2, 0.25) is 4.47 Å². The maximum Gasteiger partial charge on any atom is 0.273 e. The Hall–Kier alpha value is -1.71. The van der Waals surface area contributed by atoms with Gasteiger partial charge in [-0.05, 0) is 18.2 Å². The van der Waals surface area contributed by atoms with E-state index < -0.39 is 15.8 Å². The van der Waals surface area contributed by atoms with Crippen LogP contribution in [0.4, 0.5) is 15.8 Å². The van der Waals surface area contributed by atoms with Gasteiger partial charge >= 0.3 is 0 Å². The van der Waals surface area contributed by atoms with E-state index in [1.54, 1.807) is 0 Å². The molecule has 0 aliphatic heterocycles. The molecule has 0 saturated heterocycles.